The molecule has 0 unspecified atom stereocenters. The zero-order valence-electron chi connectivity index (χ0n) is 18.9. The molecule has 184 valence electrons. The van der Waals surface area contributed by atoms with Gasteiger partial charge in [0, 0.05) is 48.3 Å². The van der Waals surface area contributed by atoms with E-state index in [1.54, 1.807) is 18.5 Å². The number of pyridine rings is 2. The molecule has 3 heterocycles. The molecule has 2 aromatic heterocycles. The van der Waals surface area contributed by atoms with Crippen LogP contribution in [0.3, 0.4) is 0 Å². The van der Waals surface area contributed by atoms with Crippen LogP contribution in [0.2, 0.25) is 0 Å². The topological polar surface area (TPSA) is 87.6 Å². The van der Waals surface area contributed by atoms with Crippen molar-refractivity contribution in [1.29, 1.82) is 0 Å². The van der Waals surface area contributed by atoms with Crippen LogP contribution in [0, 0.1) is 0 Å². The van der Waals surface area contributed by atoms with Crippen molar-refractivity contribution in [1.82, 2.24) is 9.97 Å². The third-order valence-electron chi connectivity index (χ3n) is 5.89. The number of anilines is 2. The van der Waals surface area contributed by atoms with E-state index in [2.05, 4.69) is 20.0 Å². The molecule has 1 aliphatic rings. The van der Waals surface area contributed by atoms with Gasteiger partial charge < -0.3 is 20.1 Å². The summed E-state index contributed by atoms with van der Waals surface area (Å²) in [6.07, 6.45) is 0.301. The van der Waals surface area contributed by atoms with E-state index in [9.17, 15) is 23.1 Å². The summed E-state index contributed by atoms with van der Waals surface area (Å²) in [5.41, 5.74) is 2.13. The van der Waals surface area contributed by atoms with Crippen molar-refractivity contribution in [3.63, 3.8) is 0 Å². The molecule has 0 radical (unpaired) electrons. The minimum absolute atomic E-state index is 0.274. The highest BCUT2D eigenvalue weighted by Crippen LogP contribution is 2.34. The van der Waals surface area contributed by atoms with Gasteiger partial charge in [0.25, 0.3) is 5.91 Å². The van der Waals surface area contributed by atoms with Crippen LogP contribution in [0.15, 0.2) is 73.2 Å². The summed E-state index contributed by atoms with van der Waals surface area (Å²) < 4.78 is 41.0. The normalized spacial score (nSPS) is 15.8. The zero-order valence-corrected chi connectivity index (χ0v) is 18.9. The van der Waals surface area contributed by atoms with Gasteiger partial charge in [-0.15, -0.1) is 13.2 Å². The van der Waals surface area contributed by atoms with Crippen LogP contribution < -0.4 is 15.0 Å². The molecule has 1 aliphatic heterocycles. The first-order chi connectivity index (χ1) is 17.2. The summed E-state index contributed by atoms with van der Waals surface area (Å²) >= 11 is 0. The lowest BCUT2D eigenvalue weighted by atomic mass is 10.0. The molecule has 10 heteroatoms. The molecule has 36 heavy (non-hydrogen) atoms. The minimum Gasteiger partial charge on any atom is -0.406 e. The Kier molecular flexibility index (Phi) is 6.19. The van der Waals surface area contributed by atoms with E-state index in [1.165, 1.54) is 18.3 Å². The van der Waals surface area contributed by atoms with Gasteiger partial charge in [0.1, 0.15) is 11.6 Å². The van der Waals surface area contributed by atoms with Crippen LogP contribution in [-0.2, 0) is 0 Å². The molecule has 0 bridgehead atoms. The van der Waals surface area contributed by atoms with Gasteiger partial charge in [-0.25, -0.2) is 4.98 Å². The number of aliphatic hydroxyl groups is 1. The minimum atomic E-state index is -4.79. The maximum atomic E-state index is 13.0. The quantitative estimate of drug-likeness (QED) is 0.405. The summed E-state index contributed by atoms with van der Waals surface area (Å²) in [6.45, 7) is 1.07. The number of rotatable bonds is 5. The number of β-amino-alcohol motifs (C(OH)–C–C–N with tert-alkyl or cyclic N) is 1. The highest BCUT2D eigenvalue weighted by molar-refractivity contribution is 6.05. The molecule has 1 amide bonds. The van der Waals surface area contributed by atoms with Gasteiger partial charge in [0.2, 0.25) is 0 Å². The number of benzene rings is 2. The van der Waals surface area contributed by atoms with Crippen molar-refractivity contribution in [2.45, 2.75) is 18.9 Å². The number of aliphatic hydroxyl groups excluding tert-OH is 1. The van der Waals surface area contributed by atoms with Gasteiger partial charge in [0.15, 0.2) is 0 Å². The van der Waals surface area contributed by atoms with E-state index in [0.29, 0.717) is 31.0 Å². The SMILES string of the molecule is O=C(Nc1ccc(OC(F)(F)F)cc1)c1cnc(N2CC[C@@H](O)C2)c(-c2ccc3ccncc3c2)c1. The van der Waals surface area contributed by atoms with E-state index in [4.69, 9.17) is 0 Å². The number of alkyl halides is 3. The average Bonchev–Trinajstić information content (AvgIpc) is 3.29. The number of nitrogens with zero attached hydrogens (tertiary/aromatic N) is 3. The Morgan fingerprint density at radius 1 is 1.06 bits per heavy atom. The monoisotopic (exact) mass is 494 g/mol. The van der Waals surface area contributed by atoms with Crippen molar-refractivity contribution in [3.05, 3.63) is 78.8 Å². The first-order valence-electron chi connectivity index (χ1n) is 11.2. The molecule has 0 saturated carbocycles. The van der Waals surface area contributed by atoms with Crippen LogP contribution in [0.4, 0.5) is 24.7 Å². The van der Waals surface area contributed by atoms with Crippen molar-refractivity contribution in [2.24, 2.45) is 0 Å². The van der Waals surface area contributed by atoms with Gasteiger partial charge in [-0.1, -0.05) is 12.1 Å². The highest BCUT2D eigenvalue weighted by Gasteiger charge is 2.31. The van der Waals surface area contributed by atoms with Crippen molar-refractivity contribution in [2.75, 3.05) is 23.3 Å². The average molecular weight is 494 g/mol. The van der Waals surface area contributed by atoms with Crippen molar-refractivity contribution >= 4 is 28.2 Å². The first-order valence-corrected chi connectivity index (χ1v) is 11.2. The third-order valence-corrected chi connectivity index (χ3v) is 5.89. The molecule has 7 nitrogen and oxygen atoms in total. The standard InChI is InChI=1S/C26H21F3N4O3/c27-26(28,29)36-22-5-3-20(4-6-22)32-25(35)19-12-23(24(31-14-19)33-10-8-21(34)15-33)17-2-1-16-7-9-30-13-18(16)11-17/h1-7,9,11-14,21,34H,8,10,15H2,(H,32,35)/t21-/m1/s1. The molecular formula is C26H21F3N4O3. The number of carbonyl (C=O) groups excluding carboxylic acids is 1. The second-order valence-corrected chi connectivity index (χ2v) is 8.45. The van der Waals surface area contributed by atoms with Crippen LogP contribution in [0.25, 0.3) is 21.9 Å². The van der Waals surface area contributed by atoms with Gasteiger partial charge in [-0.05, 0) is 59.8 Å². The van der Waals surface area contributed by atoms with E-state index in [-0.39, 0.29) is 11.3 Å². The zero-order chi connectivity index (χ0) is 25.3. The van der Waals surface area contributed by atoms with Gasteiger partial charge in [0.05, 0.1) is 11.7 Å². The van der Waals surface area contributed by atoms with E-state index in [0.717, 1.165) is 34.0 Å². The molecule has 1 atom stereocenters. The third kappa shape index (κ3) is 5.23. The number of aromatic nitrogens is 2. The molecule has 0 spiro atoms. The molecule has 0 aliphatic carbocycles. The fraction of sp³-hybridized carbons (Fsp3) is 0.192. The molecule has 4 aromatic rings. The molecule has 2 aromatic carbocycles. The van der Waals surface area contributed by atoms with E-state index < -0.39 is 18.4 Å². The number of hydrogen-bond donors (Lipinski definition) is 2. The van der Waals surface area contributed by atoms with Gasteiger partial charge in [-0.2, -0.15) is 0 Å². The van der Waals surface area contributed by atoms with E-state index in [1.807, 2.05) is 29.2 Å². The number of hydrogen-bond acceptors (Lipinski definition) is 6. The number of nitrogens with one attached hydrogen (secondary N) is 1. The Morgan fingerprint density at radius 3 is 2.58 bits per heavy atom. The summed E-state index contributed by atoms with van der Waals surface area (Å²) in [7, 11) is 0. The fourth-order valence-electron chi connectivity index (χ4n) is 4.18. The van der Waals surface area contributed by atoms with E-state index >= 15 is 0 Å². The highest BCUT2D eigenvalue weighted by atomic mass is 19.4. The molecular weight excluding hydrogens is 473 g/mol. The lowest BCUT2D eigenvalue weighted by Crippen LogP contribution is -2.23. The lowest BCUT2D eigenvalue weighted by Gasteiger charge is -2.21. The molecule has 5 rings (SSSR count). The maximum Gasteiger partial charge on any atom is 0.573 e. The Labute approximate surface area is 204 Å². The smallest absolute Gasteiger partial charge is 0.406 e. The van der Waals surface area contributed by atoms with Gasteiger partial charge >= 0.3 is 6.36 Å². The van der Waals surface area contributed by atoms with Crippen molar-refractivity contribution in [3.8, 4) is 16.9 Å². The summed E-state index contributed by atoms with van der Waals surface area (Å²) in [5, 5.41) is 14.7. The Hall–Kier alpha value is -4.18. The van der Waals surface area contributed by atoms with Crippen LogP contribution >= 0.6 is 0 Å². The molecule has 1 fully saturated rings. The predicted octanol–water partition coefficient (Wildman–Crippen LogP) is 5.02. The lowest BCUT2D eigenvalue weighted by molar-refractivity contribution is -0.274. The first kappa shape index (κ1) is 23.6. The summed E-state index contributed by atoms with van der Waals surface area (Å²) in [4.78, 5) is 23.7. The van der Waals surface area contributed by atoms with Crippen LogP contribution in [-0.4, -0.2) is 46.5 Å². The maximum absolute atomic E-state index is 13.0. The Balaban J connectivity index is 1.45. The van der Waals surface area contributed by atoms with Gasteiger partial charge in [-0.3, -0.25) is 9.78 Å². The summed E-state index contributed by atoms with van der Waals surface area (Å²) in [5.74, 6) is -0.198. The number of halogens is 3. The fourth-order valence-corrected chi connectivity index (χ4v) is 4.18. The molecule has 2 N–H and O–H groups in total. The Morgan fingerprint density at radius 2 is 1.86 bits per heavy atom. The van der Waals surface area contributed by atoms with Crippen LogP contribution in [0.5, 0.6) is 5.75 Å². The number of carbonyl (C=O) groups is 1. The predicted molar refractivity (Wildman–Crippen MR) is 129 cm³/mol. The molecule has 1 saturated heterocycles. The number of amides is 1. The van der Waals surface area contributed by atoms with Crippen molar-refractivity contribution < 1.29 is 27.8 Å². The number of fused-ring (bicyclic) bond motifs is 1. The summed E-state index contributed by atoms with van der Waals surface area (Å²) in [6, 6.07) is 14.4. The number of ether oxygens (including phenoxy) is 1. The van der Waals surface area contributed by atoms with Crippen LogP contribution in [0.1, 0.15) is 16.8 Å². The second-order valence-electron chi connectivity index (χ2n) is 8.45. The Bertz CT molecular complexity index is 1410. The second kappa shape index (κ2) is 9.46. The largest absolute Gasteiger partial charge is 0.573 e.